The molecule has 0 aliphatic heterocycles. The van der Waals surface area contributed by atoms with Crippen molar-refractivity contribution in [2.24, 2.45) is 23.7 Å². The molecule has 3 aliphatic rings. The molecule has 2 bridgehead atoms. The lowest BCUT2D eigenvalue weighted by Crippen LogP contribution is -2.49. The topological polar surface area (TPSA) is 110 Å². The molecule has 0 saturated heterocycles. The first-order valence-corrected chi connectivity index (χ1v) is 8.24. The largest absolute Gasteiger partial charge is 0.481 e. The number of fused-ring (bicyclic) bond motifs is 3. The normalized spacial score (nSPS) is 28.4. The molecule has 4 rings (SSSR count). The fraction of sp³-hybridized carbons (Fsp3) is 0.500. The molecule has 2 unspecified atom stereocenters. The second kappa shape index (κ2) is 6.39. The van der Waals surface area contributed by atoms with E-state index in [-0.39, 0.29) is 34.1 Å². The monoisotopic (exact) mass is 352 g/mol. The Bertz CT molecular complexity index is 700. The second-order valence-corrected chi connectivity index (χ2v) is 6.88. The van der Waals surface area contributed by atoms with E-state index in [1.165, 1.54) is 18.2 Å². The van der Waals surface area contributed by atoms with E-state index in [0.717, 1.165) is 25.7 Å². The molecule has 3 saturated carbocycles. The number of carboxylic acids is 1. The number of nitro groups is 1. The highest BCUT2D eigenvalue weighted by Crippen LogP contribution is 2.49. The average Bonchev–Trinajstić information content (AvgIpc) is 2.56. The Kier molecular flexibility index (Phi) is 4.45. The van der Waals surface area contributed by atoms with Crippen LogP contribution in [0.2, 0.25) is 5.02 Å². The van der Waals surface area contributed by atoms with E-state index in [2.05, 4.69) is 5.32 Å². The second-order valence-electron chi connectivity index (χ2n) is 6.48. The van der Waals surface area contributed by atoms with Crippen LogP contribution < -0.4 is 5.32 Å². The van der Waals surface area contributed by atoms with Crippen LogP contribution in [0.1, 0.15) is 25.7 Å². The molecule has 2 atom stereocenters. The molecule has 0 aromatic heterocycles. The lowest BCUT2D eigenvalue weighted by molar-refractivity contribution is -0.384. The summed E-state index contributed by atoms with van der Waals surface area (Å²) in [6.45, 7) is 0. The standard InChI is InChI=1S/C16H17ClN2O5/c17-11-6-5-10(7-12(11)19(23)24)18-15(20)13-8-1-3-9(4-2-8)14(13)16(21)22/h5-9,13-14H,1-4H2,(H,18,20)(H,21,22). The number of nitrogens with zero attached hydrogens (tertiary/aromatic N) is 1. The van der Waals surface area contributed by atoms with Crippen LogP contribution in [-0.4, -0.2) is 21.9 Å². The van der Waals surface area contributed by atoms with E-state index in [1.807, 2.05) is 0 Å². The molecule has 3 aliphatic carbocycles. The zero-order valence-corrected chi connectivity index (χ0v) is 13.5. The third-order valence-electron chi connectivity index (χ3n) is 5.22. The number of carbonyl (C=O) groups is 2. The number of halogens is 1. The maximum absolute atomic E-state index is 12.7. The molecule has 1 amide bonds. The minimum Gasteiger partial charge on any atom is -0.481 e. The first-order valence-electron chi connectivity index (χ1n) is 7.86. The molecule has 8 heteroatoms. The maximum Gasteiger partial charge on any atom is 0.307 e. The van der Waals surface area contributed by atoms with Crippen LogP contribution in [-0.2, 0) is 9.59 Å². The number of carbonyl (C=O) groups excluding carboxylic acids is 1. The number of anilines is 1. The highest BCUT2D eigenvalue weighted by Gasteiger charge is 2.50. The Morgan fingerprint density at radius 3 is 2.29 bits per heavy atom. The first-order chi connectivity index (χ1) is 11.4. The van der Waals surface area contributed by atoms with Gasteiger partial charge in [-0.2, -0.15) is 0 Å². The van der Waals surface area contributed by atoms with E-state index in [0.29, 0.717) is 0 Å². The molecular formula is C16H17ClN2O5. The summed E-state index contributed by atoms with van der Waals surface area (Å²) < 4.78 is 0. The van der Waals surface area contributed by atoms with Gasteiger partial charge in [0.1, 0.15) is 5.02 Å². The molecule has 3 fully saturated rings. The highest BCUT2D eigenvalue weighted by atomic mass is 35.5. The fourth-order valence-corrected chi connectivity index (χ4v) is 4.32. The number of hydrogen-bond acceptors (Lipinski definition) is 4. The number of hydrogen-bond donors (Lipinski definition) is 2. The van der Waals surface area contributed by atoms with Gasteiger partial charge in [0, 0.05) is 11.8 Å². The molecular weight excluding hydrogens is 336 g/mol. The Morgan fingerprint density at radius 2 is 1.75 bits per heavy atom. The minimum atomic E-state index is -0.938. The third kappa shape index (κ3) is 2.96. The molecule has 0 radical (unpaired) electrons. The van der Waals surface area contributed by atoms with Crippen molar-refractivity contribution in [3.8, 4) is 0 Å². The highest BCUT2D eigenvalue weighted by molar-refractivity contribution is 6.32. The van der Waals surface area contributed by atoms with Crippen LogP contribution in [0, 0.1) is 33.8 Å². The molecule has 1 aromatic rings. The Morgan fingerprint density at radius 1 is 1.17 bits per heavy atom. The van der Waals surface area contributed by atoms with Crippen molar-refractivity contribution in [3.05, 3.63) is 33.3 Å². The summed E-state index contributed by atoms with van der Waals surface area (Å²) in [6.07, 6.45) is 3.40. The van der Waals surface area contributed by atoms with Crippen molar-refractivity contribution < 1.29 is 19.6 Å². The average molecular weight is 353 g/mol. The van der Waals surface area contributed by atoms with Gasteiger partial charge in [0.2, 0.25) is 5.91 Å². The van der Waals surface area contributed by atoms with Gasteiger partial charge >= 0.3 is 5.97 Å². The van der Waals surface area contributed by atoms with E-state index >= 15 is 0 Å². The van der Waals surface area contributed by atoms with Crippen molar-refractivity contribution in [1.82, 2.24) is 0 Å². The molecule has 24 heavy (non-hydrogen) atoms. The number of rotatable bonds is 4. The van der Waals surface area contributed by atoms with Gasteiger partial charge < -0.3 is 10.4 Å². The number of benzene rings is 1. The fourth-order valence-electron chi connectivity index (χ4n) is 4.14. The van der Waals surface area contributed by atoms with E-state index in [4.69, 9.17) is 11.6 Å². The first kappa shape index (κ1) is 16.7. The Hall–Kier alpha value is -2.15. The van der Waals surface area contributed by atoms with Gasteiger partial charge in [-0.3, -0.25) is 19.7 Å². The lowest BCUT2D eigenvalue weighted by atomic mass is 9.58. The maximum atomic E-state index is 12.7. The Labute approximate surface area is 143 Å². The number of carboxylic acid groups (broad SMARTS) is 1. The van der Waals surface area contributed by atoms with Gasteiger partial charge in [-0.15, -0.1) is 0 Å². The zero-order valence-electron chi connectivity index (χ0n) is 12.8. The summed E-state index contributed by atoms with van der Waals surface area (Å²) in [5.41, 5.74) is -0.0453. The van der Waals surface area contributed by atoms with Gasteiger partial charge in [-0.25, -0.2) is 0 Å². The molecule has 7 nitrogen and oxygen atoms in total. The van der Waals surface area contributed by atoms with Gasteiger partial charge in [-0.1, -0.05) is 11.6 Å². The lowest BCUT2D eigenvalue weighted by Gasteiger charge is -2.45. The number of nitrogens with one attached hydrogen (secondary N) is 1. The predicted octanol–water partition coefficient (Wildman–Crippen LogP) is 3.32. The quantitative estimate of drug-likeness (QED) is 0.638. The van der Waals surface area contributed by atoms with E-state index < -0.39 is 22.7 Å². The smallest absolute Gasteiger partial charge is 0.307 e. The number of nitro benzene ring substituents is 1. The van der Waals surface area contributed by atoms with Gasteiger partial charge in [-0.05, 0) is 49.7 Å². The molecule has 2 N–H and O–H groups in total. The van der Waals surface area contributed by atoms with Crippen LogP contribution in [0.15, 0.2) is 18.2 Å². The van der Waals surface area contributed by atoms with Crippen LogP contribution in [0.4, 0.5) is 11.4 Å². The van der Waals surface area contributed by atoms with Crippen molar-refractivity contribution in [2.75, 3.05) is 5.32 Å². The summed E-state index contributed by atoms with van der Waals surface area (Å²) in [7, 11) is 0. The predicted molar refractivity (Wildman–Crippen MR) is 86.8 cm³/mol. The number of amides is 1. The summed E-state index contributed by atoms with van der Waals surface area (Å²) in [5, 5.41) is 23.1. The molecule has 128 valence electrons. The van der Waals surface area contributed by atoms with Gasteiger partial charge in [0.15, 0.2) is 0 Å². The summed E-state index contributed by atoms with van der Waals surface area (Å²) >= 11 is 5.76. The Balaban J connectivity index is 1.82. The minimum absolute atomic E-state index is 0.0156. The molecule has 0 heterocycles. The van der Waals surface area contributed by atoms with Crippen molar-refractivity contribution in [2.45, 2.75) is 25.7 Å². The van der Waals surface area contributed by atoms with Crippen LogP contribution in [0.5, 0.6) is 0 Å². The summed E-state index contributed by atoms with van der Waals surface area (Å²) in [6, 6.07) is 4.01. The van der Waals surface area contributed by atoms with Gasteiger partial charge in [0.05, 0.1) is 16.8 Å². The molecule has 1 aromatic carbocycles. The van der Waals surface area contributed by atoms with Crippen LogP contribution in [0.25, 0.3) is 0 Å². The summed E-state index contributed by atoms with van der Waals surface area (Å²) in [4.78, 5) is 34.6. The van der Waals surface area contributed by atoms with E-state index in [9.17, 15) is 24.8 Å². The number of aliphatic carboxylic acids is 1. The van der Waals surface area contributed by atoms with Crippen LogP contribution >= 0.6 is 11.6 Å². The SMILES string of the molecule is O=C(O)C1C2CCC(CC2)C1C(=O)Nc1ccc(Cl)c([N+](=O)[O-])c1. The van der Waals surface area contributed by atoms with Crippen molar-refractivity contribution in [3.63, 3.8) is 0 Å². The van der Waals surface area contributed by atoms with E-state index in [1.54, 1.807) is 0 Å². The van der Waals surface area contributed by atoms with Gasteiger partial charge in [0.25, 0.3) is 5.69 Å². The third-order valence-corrected chi connectivity index (χ3v) is 5.54. The van der Waals surface area contributed by atoms with Crippen LogP contribution in [0.3, 0.4) is 0 Å². The zero-order chi connectivity index (χ0) is 17.4. The van der Waals surface area contributed by atoms with Crippen molar-refractivity contribution in [1.29, 1.82) is 0 Å². The van der Waals surface area contributed by atoms with Crippen molar-refractivity contribution >= 4 is 34.9 Å². The summed E-state index contributed by atoms with van der Waals surface area (Å²) in [5.74, 6) is -2.51. The molecule has 0 spiro atoms.